The second-order valence-corrected chi connectivity index (χ2v) is 6.94. The number of benzene rings is 1. The number of nitrogens with one attached hydrogen (secondary N) is 1. The number of rotatable bonds is 4. The summed E-state index contributed by atoms with van der Waals surface area (Å²) in [5, 5.41) is 9.07. The fraction of sp³-hybridized carbons (Fsp3) is 0.0833. The Labute approximate surface area is 129 Å². The van der Waals surface area contributed by atoms with Crippen LogP contribution < -0.4 is 4.72 Å². The minimum absolute atomic E-state index is 0.0887. The molecule has 1 aromatic heterocycles. The number of aromatic nitrogens is 1. The number of hydrogen-bond acceptors (Lipinski definition) is 4. The van der Waals surface area contributed by atoms with Crippen molar-refractivity contribution >= 4 is 37.6 Å². The first-order valence-corrected chi connectivity index (χ1v) is 8.12. The van der Waals surface area contributed by atoms with E-state index < -0.39 is 10.0 Å². The molecule has 2 aromatic rings. The predicted molar refractivity (Wildman–Crippen MR) is 79.1 cm³/mol. The van der Waals surface area contributed by atoms with Gasteiger partial charge >= 0.3 is 0 Å². The Bertz CT molecular complexity index is 720. The second-order valence-electron chi connectivity index (χ2n) is 3.93. The van der Waals surface area contributed by atoms with Crippen LogP contribution in [0.15, 0.2) is 45.9 Å². The zero-order valence-electron chi connectivity index (χ0n) is 10.0. The Morgan fingerprint density at radius 3 is 2.60 bits per heavy atom. The van der Waals surface area contributed by atoms with Gasteiger partial charge in [-0.3, -0.25) is 0 Å². The van der Waals surface area contributed by atoms with Gasteiger partial charge in [-0.2, -0.15) is 0 Å². The summed E-state index contributed by atoms with van der Waals surface area (Å²) in [5.41, 5.74) is 0.713. The van der Waals surface area contributed by atoms with Crippen LogP contribution in [-0.4, -0.2) is 18.5 Å². The molecule has 0 bridgehead atoms. The maximum atomic E-state index is 12.1. The van der Waals surface area contributed by atoms with Gasteiger partial charge in [0, 0.05) is 17.2 Å². The average molecular weight is 378 g/mol. The zero-order valence-corrected chi connectivity index (χ0v) is 13.2. The maximum absolute atomic E-state index is 12.1. The van der Waals surface area contributed by atoms with Crippen molar-refractivity contribution in [2.45, 2.75) is 11.4 Å². The highest BCUT2D eigenvalue weighted by atomic mass is 79.9. The predicted octanol–water partition coefficient (Wildman–Crippen LogP) is 2.68. The summed E-state index contributed by atoms with van der Waals surface area (Å²) >= 11 is 8.95. The summed E-state index contributed by atoms with van der Waals surface area (Å²) in [5.74, 6) is 0.121. The van der Waals surface area contributed by atoms with Crippen LogP contribution in [-0.2, 0) is 16.6 Å². The lowest BCUT2D eigenvalue weighted by molar-refractivity contribution is 0.475. The lowest BCUT2D eigenvalue weighted by Crippen LogP contribution is -2.23. The second kappa shape index (κ2) is 6.09. The molecule has 0 radical (unpaired) electrons. The zero-order chi connectivity index (χ0) is 14.8. The normalized spacial score (nSPS) is 11.5. The molecule has 0 saturated heterocycles. The first-order chi connectivity index (χ1) is 9.38. The van der Waals surface area contributed by atoms with Crippen molar-refractivity contribution in [1.82, 2.24) is 9.71 Å². The highest BCUT2D eigenvalue weighted by Crippen LogP contribution is 2.22. The molecule has 0 aliphatic carbocycles. The van der Waals surface area contributed by atoms with Crippen LogP contribution >= 0.6 is 27.5 Å². The van der Waals surface area contributed by atoms with Crippen molar-refractivity contribution in [2.24, 2.45) is 0 Å². The SMILES string of the molecule is O=S(=O)(NCc1ccc(O)cc1)c1cc(Br)cnc1Cl. The number of hydrogen-bond donors (Lipinski definition) is 2. The fourth-order valence-corrected chi connectivity index (χ4v) is 3.42. The third-order valence-electron chi connectivity index (χ3n) is 2.47. The number of phenolic OH excluding ortho intramolecular Hbond substituents is 1. The van der Waals surface area contributed by atoms with Crippen LogP contribution in [0.25, 0.3) is 0 Å². The van der Waals surface area contributed by atoms with Gasteiger partial charge in [-0.05, 0) is 39.7 Å². The highest BCUT2D eigenvalue weighted by Gasteiger charge is 2.19. The first kappa shape index (κ1) is 15.2. The molecule has 5 nitrogen and oxygen atoms in total. The van der Waals surface area contributed by atoms with E-state index in [2.05, 4.69) is 25.6 Å². The van der Waals surface area contributed by atoms with Crippen molar-refractivity contribution in [3.63, 3.8) is 0 Å². The minimum atomic E-state index is -3.76. The van der Waals surface area contributed by atoms with Crippen LogP contribution in [0.4, 0.5) is 0 Å². The Hall–Kier alpha value is -1.15. The molecule has 2 rings (SSSR count). The molecule has 0 spiro atoms. The van der Waals surface area contributed by atoms with Gasteiger partial charge in [0.2, 0.25) is 10.0 Å². The van der Waals surface area contributed by atoms with Crippen LogP contribution in [0.1, 0.15) is 5.56 Å². The maximum Gasteiger partial charge on any atom is 0.243 e. The van der Waals surface area contributed by atoms with E-state index in [0.717, 1.165) is 0 Å². The Balaban J connectivity index is 2.19. The van der Waals surface area contributed by atoms with Crippen LogP contribution in [0.3, 0.4) is 0 Å². The van der Waals surface area contributed by atoms with Gasteiger partial charge in [0.25, 0.3) is 0 Å². The van der Waals surface area contributed by atoms with Crippen LogP contribution in [0, 0.1) is 0 Å². The molecular weight excluding hydrogens is 368 g/mol. The van der Waals surface area contributed by atoms with E-state index in [4.69, 9.17) is 16.7 Å². The lowest BCUT2D eigenvalue weighted by atomic mass is 10.2. The molecule has 8 heteroatoms. The molecule has 0 aliphatic heterocycles. The summed E-state index contributed by atoms with van der Waals surface area (Å²) in [4.78, 5) is 3.69. The minimum Gasteiger partial charge on any atom is -0.508 e. The molecule has 0 aliphatic rings. The lowest BCUT2D eigenvalue weighted by Gasteiger charge is -2.08. The van der Waals surface area contributed by atoms with Gasteiger partial charge in [-0.1, -0.05) is 23.7 Å². The number of aromatic hydroxyl groups is 1. The van der Waals surface area contributed by atoms with Gasteiger partial charge in [0.05, 0.1) is 0 Å². The van der Waals surface area contributed by atoms with E-state index >= 15 is 0 Å². The highest BCUT2D eigenvalue weighted by molar-refractivity contribution is 9.10. The molecule has 106 valence electrons. The molecule has 20 heavy (non-hydrogen) atoms. The molecular formula is C12H10BrClN2O3S. The smallest absolute Gasteiger partial charge is 0.243 e. The largest absolute Gasteiger partial charge is 0.508 e. The molecule has 2 N–H and O–H groups in total. The number of halogens is 2. The van der Waals surface area contributed by atoms with E-state index in [0.29, 0.717) is 10.0 Å². The Kier molecular flexibility index (Phi) is 4.64. The molecule has 1 heterocycles. The molecule has 0 saturated carbocycles. The molecule has 0 atom stereocenters. The number of sulfonamides is 1. The number of nitrogens with zero attached hydrogens (tertiary/aromatic N) is 1. The van der Waals surface area contributed by atoms with Gasteiger partial charge < -0.3 is 5.11 Å². The van der Waals surface area contributed by atoms with E-state index in [9.17, 15) is 8.42 Å². The summed E-state index contributed by atoms with van der Waals surface area (Å²) in [6.07, 6.45) is 1.42. The van der Waals surface area contributed by atoms with E-state index in [-0.39, 0.29) is 22.3 Å². The summed E-state index contributed by atoms with van der Waals surface area (Å²) in [6, 6.07) is 7.60. The molecule has 0 amide bonds. The van der Waals surface area contributed by atoms with Gasteiger partial charge in [0.1, 0.15) is 15.8 Å². The van der Waals surface area contributed by atoms with E-state index in [1.54, 1.807) is 12.1 Å². The van der Waals surface area contributed by atoms with Crippen molar-refractivity contribution in [1.29, 1.82) is 0 Å². The Morgan fingerprint density at radius 1 is 1.30 bits per heavy atom. The summed E-state index contributed by atoms with van der Waals surface area (Å²) < 4.78 is 27.2. The van der Waals surface area contributed by atoms with E-state index in [1.165, 1.54) is 24.4 Å². The number of pyridine rings is 1. The van der Waals surface area contributed by atoms with Crippen molar-refractivity contribution < 1.29 is 13.5 Å². The molecule has 0 unspecified atom stereocenters. The third kappa shape index (κ3) is 3.69. The van der Waals surface area contributed by atoms with Crippen LogP contribution in [0.5, 0.6) is 5.75 Å². The van der Waals surface area contributed by atoms with Gasteiger partial charge in [0.15, 0.2) is 0 Å². The van der Waals surface area contributed by atoms with E-state index in [1.807, 2.05) is 0 Å². The Morgan fingerprint density at radius 2 is 1.95 bits per heavy atom. The standard InChI is InChI=1S/C12H10BrClN2O3S/c13-9-5-11(12(14)15-7-9)20(18,19)16-6-8-1-3-10(17)4-2-8/h1-5,7,16-17H,6H2. The van der Waals surface area contributed by atoms with Gasteiger partial charge in [-0.25, -0.2) is 18.1 Å². The van der Waals surface area contributed by atoms with Crippen LogP contribution in [0.2, 0.25) is 5.15 Å². The van der Waals surface area contributed by atoms with Gasteiger partial charge in [-0.15, -0.1) is 0 Å². The number of phenols is 1. The third-order valence-corrected chi connectivity index (χ3v) is 4.73. The van der Waals surface area contributed by atoms with Crippen molar-refractivity contribution in [3.8, 4) is 5.75 Å². The monoisotopic (exact) mass is 376 g/mol. The molecule has 0 fully saturated rings. The molecule has 1 aromatic carbocycles. The average Bonchev–Trinajstić information content (AvgIpc) is 2.41. The summed E-state index contributed by atoms with van der Waals surface area (Å²) in [6.45, 7) is 0.0887. The summed E-state index contributed by atoms with van der Waals surface area (Å²) in [7, 11) is -3.76. The first-order valence-electron chi connectivity index (χ1n) is 5.47. The fourth-order valence-electron chi connectivity index (χ4n) is 1.46. The topological polar surface area (TPSA) is 79.3 Å². The van der Waals surface area contributed by atoms with Crippen molar-refractivity contribution in [2.75, 3.05) is 0 Å². The quantitative estimate of drug-likeness (QED) is 0.803. The van der Waals surface area contributed by atoms with Crippen molar-refractivity contribution in [3.05, 3.63) is 51.7 Å².